The summed E-state index contributed by atoms with van der Waals surface area (Å²) in [6.45, 7) is 14.4. The Balaban J connectivity index is 3.80. The molecule has 0 aliphatic rings. The molecule has 0 aromatic rings. The molecule has 0 N–H and O–H groups in total. The van der Waals surface area contributed by atoms with Crippen LogP contribution in [-0.2, 0) is 4.43 Å². The van der Waals surface area contributed by atoms with E-state index in [0.29, 0.717) is 5.92 Å². The second-order valence-corrected chi connectivity index (χ2v) is 7.82. The molecule has 0 aliphatic heterocycles. The fraction of sp³-hybridized carbons (Fsp3) is 1.00. The lowest BCUT2D eigenvalue weighted by Crippen LogP contribution is -2.27. The molecular formula is C10H23OSi. The summed E-state index contributed by atoms with van der Waals surface area (Å²) in [5.74, 6) is 0.669. The van der Waals surface area contributed by atoms with Gasteiger partial charge in [-0.1, -0.05) is 41.5 Å². The Morgan fingerprint density at radius 3 is 1.58 bits per heavy atom. The standard InChI is InChI=1S/C10H23OSi/c1-8(2)7-11-12(9(3)4)10(5)6/h8-10H,7H2,1-6H3. The van der Waals surface area contributed by atoms with Gasteiger partial charge in [0.2, 0.25) is 9.04 Å². The fourth-order valence-electron chi connectivity index (χ4n) is 1.26. The molecule has 0 spiro atoms. The highest BCUT2D eigenvalue weighted by molar-refractivity contribution is 6.54. The van der Waals surface area contributed by atoms with Crippen LogP contribution in [-0.4, -0.2) is 15.6 Å². The van der Waals surface area contributed by atoms with Crippen molar-refractivity contribution in [1.82, 2.24) is 0 Å². The van der Waals surface area contributed by atoms with E-state index in [1.165, 1.54) is 0 Å². The Bertz CT molecular complexity index is 102. The first kappa shape index (κ1) is 12.2. The third kappa shape index (κ3) is 4.94. The minimum absolute atomic E-state index is 0.574. The molecule has 1 radical (unpaired) electrons. The first-order valence-corrected chi connectivity index (χ1v) is 6.51. The zero-order valence-electron chi connectivity index (χ0n) is 9.35. The number of hydrogen-bond donors (Lipinski definition) is 0. The molecule has 0 bridgehead atoms. The molecule has 0 saturated carbocycles. The molecule has 0 aromatic carbocycles. The summed E-state index contributed by atoms with van der Waals surface area (Å²) < 4.78 is 5.93. The van der Waals surface area contributed by atoms with Gasteiger partial charge in [-0.05, 0) is 17.0 Å². The van der Waals surface area contributed by atoms with Crippen LogP contribution in [0.15, 0.2) is 0 Å². The summed E-state index contributed by atoms with van der Waals surface area (Å²) in [4.78, 5) is 0. The van der Waals surface area contributed by atoms with E-state index in [1.54, 1.807) is 0 Å². The van der Waals surface area contributed by atoms with Crippen molar-refractivity contribution in [2.45, 2.75) is 52.6 Å². The van der Waals surface area contributed by atoms with Crippen molar-refractivity contribution in [3.8, 4) is 0 Å². The molecule has 0 atom stereocenters. The van der Waals surface area contributed by atoms with Gasteiger partial charge in [-0.25, -0.2) is 0 Å². The van der Waals surface area contributed by atoms with Crippen molar-refractivity contribution in [2.75, 3.05) is 6.61 Å². The van der Waals surface area contributed by atoms with Gasteiger partial charge in [0, 0.05) is 6.61 Å². The molecule has 2 heteroatoms. The maximum atomic E-state index is 5.93. The lowest BCUT2D eigenvalue weighted by Gasteiger charge is -2.23. The summed E-state index contributed by atoms with van der Waals surface area (Å²) in [6.07, 6.45) is 0. The molecule has 73 valence electrons. The molecule has 1 nitrogen and oxygen atoms in total. The van der Waals surface area contributed by atoms with E-state index in [4.69, 9.17) is 4.43 Å². The van der Waals surface area contributed by atoms with Gasteiger partial charge < -0.3 is 4.43 Å². The van der Waals surface area contributed by atoms with E-state index in [9.17, 15) is 0 Å². The summed E-state index contributed by atoms with van der Waals surface area (Å²) in [5.41, 5.74) is 1.46. The van der Waals surface area contributed by atoms with E-state index in [-0.39, 0.29) is 0 Å². The molecule has 0 unspecified atom stereocenters. The summed E-state index contributed by atoms with van der Waals surface area (Å²) >= 11 is 0. The van der Waals surface area contributed by atoms with E-state index in [0.717, 1.165) is 17.7 Å². The third-order valence-electron chi connectivity index (χ3n) is 1.72. The topological polar surface area (TPSA) is 9.23 Å². The van der Waals surface area contributed by atoms with Crippen LogP contribution in [0.2, 0.25) is 11.1 Å². The van der Waals surface area contributed by atoms with Crippen molar-refractivity contribution < 1.29 is 4.43 Å². The Labute approximate surface area is 79.2 Å². The molecule has 0 amide bonds. The predicted molar refractivity (Wildman–Crippen MR) is 56.7 cm³/mol. The highest BCUT2D eigenvalue weighted by Crippen LogP contribution is 2.21. The molecule has 0 fully saturated rings. The van der Waals surface area contributed by atoms with Crippen LogP contribution in [0.25, 0.3) is 0 Å². The quantitative estimate of drug-likeness (QED) is 0.599. The molecule has 0 saturated heterocycles. The van der Waals surface area contributed by atoms with Crippen molar-refractivity contribution >= 4 is 9.04 Å². The Kier molecular flexibility index (Phi) is 5.84. The molecule has 0 aliphatic carbocycles. The lowest BCUT2D eigenvalue weighted by molar-refractivity contribution is 0.262. The predicted octanol–water partition coefficient (Wildman–Crippen LogP) is 3.47. The van der Waals surface area contributed by atoms with Crippen molar-refractivity contribution in [3.63, 3.8) is 0 Å². The zero-order chi connectivity index (χ0) is 9.72. The average molecular weight is 187 g/mol. The minimum Gasteiger partial charge on any atom is -0.416 e. The maximum Gasteiger partial charge on any atom is 0.216 e. The maximum absolute atomic E-state index is 5.93. The van der Waals surface area contributed by atoms with E-state index in [2.05, 4.69) is 41.5 Å². The van der Waals surface area contributed by atoms with Crippen LogP contribution in [0.3, 0.4) is 0 Å². The smallest absolute Gasteiger partial charge is 0.216 e. The third-order valence-corrected chi connectivity index (χ3v) is 4.50. The molecule has 12 heavy (non-hydrogen) atoms. The van der Waals surface area contributed by atoms with Gasteiger partial charge in [0.1, 0.15) is 0 Å². The van der Waals surface area contributed by atoms with Gasteiger partial charge in [0.15, 0.2) is 0 Å². The average Bonchev–Trinajstić information content (AvgIpc) is 1.84. The molecule has 0 aromatic heterocycles. The second-order valence-electron chi connectivity index (χ2n) is 4.42. The highest BCUT2D eigenvalue weighted by Gasteiger charge is 2.21. The Hall–Kier alpha value is 0.177. The van der Waals surface area contributed by atoms with E-state index in [1.807, 2.05) is 0 Å². The summed E-state index contributed by atoms with van der Waals surface area (Å²) in [5, 5.41) is 0. The van der Waals surface area contributed by atoms with Crippen LogP contribution in [0, 0.1) is 5.92 Å². The normalized spacial score (nSPS) is 12.5. The summed E-state index contributed by atoms with van der Waals surface area (Å²) in [7, 11) is -0.574. The zero-order valence-corrected chi connectivity index (χ0v) is 10.3. The molecular weight excluding hydrogens is 164 g/mol. The number of rotatable bonds is 5. The first-order valence-electron chi connectivity index (χ1n) is 4.94. The number of hydrogen-bond acceptors (Lipinski definition) is 1. The highest BCUT2D eigenvalue weighted by atomic mass is 28.3. The van der Waals surface area contributed by atoms with Crippen LogP contribution in [0.5, 0.6) is 0 Å². The SMILES string of the molecule is CC(C)CO[Si](C(C)C)C(C)C. The van der Waals surface area contributed by atoms with Gasteiger partial charge in [-0.3, -0.25) is 0 Å². The summed E-state index contributed by atoms with van der Waals surface area (Å²) in [6, 6.07) is 0. The monoisotopic (exact) mass is 187 g/mol. The minimum atomic E-state index is -0.574. The largest absolute Gasteiger partial charge is 0.416 e. The van der Waals surface area contributed by atoms with Gasteiger partial charge in [0.05, 0.1) is 0 Å². The second kappa shape index (κ2) is 5.76. The first-order chi connectivity index (χ1) is 5.45. The van der Waals surface area contributed by atoms with Gasteiger partial charge in [0.25, 0.3) is 0 Å². The van der Waals surface area contributed by atoms with Crippen LogP contribution >= 0.6 is 0 Å². The molecule has 0 heterocycles. The Morgan fingerprint density at radius 2 is 1.33 bits per heavy atom. The Morgan fingerprint density at radius 1 is 0.917 bits per heavy atom. The van der Waals surface area contributed by atoms with Crippen LogP contribution in [0.1, 0.15) is 41.5 Å². The van der Waals surface area contributed by atoms with Crippen molar-refractivity contribution in [1.29, 1.82) is 0 Å². The van der Waals surface area contributed by atoms with Crippen LogP contribution < -0.4 is 0 Å². The van der Waals surface area contributed by atoms with E-state index >= 15 is 0 Å². The van der Waals surface area contributed by atoms with Gasteiger partial charge >= 0.3 is 0 Å². The van der Waals surface area contributed by atoms with E-state index < -0.39 is 9.04 Å². The van der Waals surface area contributed by atoms with Gasteiger partial charge in [-0.15, -0.1) is 0 Å². The van der Waals surface area contributed by atoms with Crippen molar-refractivity contribution in [3.05, 3.63) is 0 Å². The lowest BCUT2D eigenvalue weighted by atomic mass is 10.2. The van der Waals surface area contributed by atoms with Gasteiger partial charge in [-0.2, -0.15) is 0 Å². The molecule has 0 rings (SSSR count). The van der Waals surface area contributed by atoms with Crippen molar-refractivity contribution in [2.24, 2.45) is 5.92 Å². The van der Waals surface area contributed by atoms with Crippen LogP contribution in [0.4, 0.5) is 0 Å². The fourth-order valence-corrected chi connectivity index (χ4v) is 3.79.